The summed E-state index contributed by atoms with van der Waals surface area (Å²) in [5.74, 6) is 0. The summed E-state index contributed by atoms with van der Waals surface area (Å²) in [5, 5.41) is 7.10. The molecule has 0 amide bonds. The highest BCUT2D eigenvalue weighted by atomic mass is 32.1. The summed E-state index contributed by atoms with van der Waals surface area (Å²) in [4.78, 5) is 16.9. The Labute approximate surface area is 302 Å². The number of hydrogen-bond donors (Lipinski definition) is 0. The average Bonchev–Trinajstić information content (AvgIpc) is 3.76. The van der Waals surface area contributed by atoms with E-state index in [4.69, 9.17) is 15.0 Å². The number of fused-ring (bicyclic) bond motifs is 10. The predicted octanol–water partition coefficient (Wildman–Crippen LogP) is 12.6. The zero-order chi connectivity index (χ0) is 34.2. The SMILES string of the molecule is c1ccc(-c2ccc3ccc4ccc(-c5cccc(-n6c7ccccc7c7c8c(sc76)c(-c6ccccc6)nc6ccccc68)c5)nc4c3n2)cc1. The van der Waals surface area contributed by atoms with Crippen LogP contribution in [0.15, 0.2) is 170 Å². The molecule has 0 saturated heterocycles. The van der Waals surface area contributed by atoms with Crippen LogP contribution in [-0.4, -0.2) is 19.5 Å². The lowest BCUT2D eigenvalue weighted by atomic mass is 10.0. The van der Waals surface area contributed by atoms with Gasteiger partial charge in [-0.05, 0) is 36.4 Å². The van der Waals surface area contributed by atoms with Gasteiger partial charge in [0.05, 0.1) is 43.8 Å². The topological polar surface area (TPSA) is 43.6 Å². The Morgan fingerprint density at radius 2 is 1.04 bits per heavy atom. The first-order valence-corrected chi connectivity index (χ1v) is 18.3. The molecule has 52 heavy (non-hydrogen) atoms. The van der Waals surface area contributed by atoms with Gasteiger partial charge in [0.1, 0.15) is 4.83 Å². The van der Waals surface area contributed by atoms with Crippen LogP contribution in [0.25, 0.3) is 103 Å². The van der Waals surface area contributed by atoms with E-state index in [1.165, 1.54) is 36.6 Å². The van der Waals surface area contributed by atoms with E-state index < -0.39 is 0 Å². The normalized spacial score (nSPS) is 11.8. The molecule has 0 fully saturated rings. The number of para-hydroxylation sites is 2. The number of pyridine rings is 3. The molecule has 11 aromatic rings. The third kappa shape index (κ3) is 4.43. The van der Waals surface area contributed by atoms with Gasteiger partial charge in [-0.1, -0.05) is 133 Å². The van der Waals surface area contributed by atoms with Crippen molar-refractivity contribution >= 4 is 75.3 Å². The van der Waals surface area contributed by atoms with Crippen molar-refractivity contribution in [3.63, 3.8) is 0 Å². The number of rotatable bonds is 4. The van der Waals surface area contributed by atoms with E-state index in [-0.39, 0.29) is 0 Å². The minimum absolute atomic E-state index is 0.907. The van der Waals surface area contributed by atoms with Crippen LogP contribution >= 0.6 is 11.3 Å². The Kier molecular flexibility index (Phi) is 6.39. The molecule has 0 N–H and O–H groups in total. The first-order valence-electron chi connectivity index (χ1n) is 17.5. The molecular formula is C47H28N4S. The molecule has 0 saturated carbocycles. The van der Waals surface area contributed by atoms with E-state index in [2.05, 4.69) is 168 Å². The maximum absolute atomic E-state index is 5.29. The molecule has 11 rings (SSSR count). The highest BCUT2D eigenvalue weighted by molar-refractivity contribution is 7.26. The summed E-state index contributed by atoms with van der Waals surface area (Å²) in [6.45, 7) is 0. The lowest BCUT2D eigenvalue weighted by molar-refractivity contribution is 1.19. The molecule has 6 aromatic carbocycles. The molecule has 5 aromatic heterocycles. The van der Waals surface area contributed by atoms with E-state index in [1.54, 1.807) is 0 Å². The molecule has 0 aliphatic heterocycles. The third-order valence-electron chi connectivity index (χ3n) is 10.2. The van der Waals surface area contributed by atoms with Gasteiger partial charge in [-0.2, -0.15) is 0 Å². The summed E-state index contributed by atoms with van der Waals surface area (Å²) < 4.78 is 3.63. The summed E-state index contributed by atoms with van der Waals surface area (Å²) in [6, 6.07) is 59.8. The van der Waals surface area contributed by atoms with Gasteiger partial charge < -0.3 is 4.57 Å². The highest BCUT2D eigenvalue weighted by Gasteiger charge is 2.22. The number of thiophene rings is 1. The van der Waals surface area contributed by atoms with Gasteiger partial charge in [-0.25, -0.2) is 15.0 Å². The van der Waals surface area contributed by atoms with Gasteiger partial charge in [-0.15, -0.1) is 11.3 Å². The van der Waals surface area contributed by atoms with Gasteiger partial charge in [0, 0.05) is 54.7 Å². The van der Waals surface area contributed by atoms with Crippen molar-refractivity contribution in [2.24, 2.45) is 0 Å². The molecule has 0 aliphatic rings. The molecule has 0 aliphatic carbocycles. The molecule has 0 spiro atoms. The molecule has 242 valence electrons. The molecule has 5 heterocycles. The smallest absolute Gasteiger partial charge is 0.109 e. The van der Waals surface area contributed by atoms with Crippen molar-refractivity contribution in [1.82, 2.24) is 19.5 Å². The Bertz CT molecular complexity index is 3180. The minimum atomic E-state index is 0.907. The van der Waals surface area contributed by atoms with Gasteiger partial charge in [0.15, 0.2) is 0 Å². The largest absolute Gasteiger partial charge is 0.301 e. The van der Waals surface area contributed by atoms with Crippen molar-refractivity contribution in [2.75, 3.05) is 0 Å². The van der Waals surface area contributed by atoms with Crippen LogP contribution < -0.4 is 0 Å². The minimum Gasteiger partial charge on any atom is -0.301 e. The first kappa shape index (κ1) is 29.1. The zero-order valence-corrected chi connectivity index (χ0v) is 28.7. The summed E-state index contributed by atoms with van der Waals surface area (Å²) >= 11 is 1.83. The predicted molar refractivity (Wildman–Crippen MR) is 218 cm³/mol. The molecule has 0 atom stereocenters. The van der Waals surface area contributed by atoms with Crippen molar-refractivity contribution in [3.8, 4) is 39.5 Å². The Hall–Kier alpha value is -6.69. The van der Waals surface area contributed by atoms with Crippen molar-refractivity contribution in [1.29, 1.82) is 0 Å². The highest BCUT2D eigenvalue weighted by Crippen LogP contribution is 2.47. The molecule has 0 unspecified atom stereocenters. The summed E-state index contributed by atoms with van der Waals surface area (Å²) in [7, 11) is 0. The quantitative estimate of drug-likeness (QED) is 0.174. The van der Waals surface area contributed by atoms with Crippen LogP contribution in [0.4, 0.5) is 0 Å². The maximum atomic E-state index is 5.29. The lowest BCUT2D eigenvalue weighted by Crippen LogP contribution is -1.94. The van der Waals surface area contributed by atoms with Crippen molar-refractivity contribution in [2.45, 2.75) is 0 Å². The van der Waals surface area contributed by atoms with E-state index in [0.717, 1.165) is 66.8 Å². The average molecular weight is 681 g/mol. The second-order valence-corrected chi connectivity index (χ2v) is 14.2. The lowest BCUT2D eigenvalue weighted by Gasteiger charge is -2.11. The van der Waals surface area contributed by atoms with Crippen LogP contribution in [0.2, 0.25) is 0 Å². The van der Waals surface area contributed by atoms with Crippen LogP contribution in [0.1, 0.15) is 0 Å². The molecule has 5 heteroatoms. The number of aromatic nitrogens is 4. The van der Waals surface area contributed by atoms with Gasteiger partial charge in [0.2, 0.25) is 0 Å². The zero-order valence-electron chi connectivity index (χ0n) is 27.9. The van der Waals surface area contributed by atoms with E-state index in [0.29, 0.717) is 0 Å². The summed E-state index contributed by atoms with van der Waals surface area (Å²) in [6.07, 6.45) is 0. The van der Waals surface area contributed by atoms with Crippen molar-refractivity contribution < 1.29 is 0 Å². The van der Waals surface area contributed by atoms with E-state index in [9.17, 15) is 0 Å². The van der Waals surface area contributed by atoms with E-state index in [1.807, 2.05) is 17.4 Å². The maximum Gasteiger partial charge on any atom is 0.109 e. The number of hydrogen-bond acceptors (Lipinski definition) is 4. The number of benzene rings is 6. The van der Waals surface area contributed by atoms with Crippen LogP contribution in [0.3, 0.4) is 0 Å². The fraction of sp³-hybridized carbons (Fsp3) is 0. The first-order chi connectivity index (χ1) is 25.8. The third-order valence-corrected chi connectivity index (χ3v) is 11.3. The second kappa shape index (κ2) is 11.4. The van der Waals surface area contributed by atoms with Gasteiger partial charge in [-0.3, -0.25) is 0 Å². The molecule has 4 nitrogen and oxygen atoms in total. The Morgan fingerprint density at radius 1 is 0.442 bits per heavy atom. The van der Waals surface area contributed by atoms with Crippen LogP contribution in [0, 0.1) is 0 Å². The Balaban J connectivity index is 1.14. The fourth-order valence-corrected chi connectivity index (χ4v) is 9.12. The van der Waals surface area contributed by atoms with Crippen LogP contribution in [0.5, 0.6) is 0 Å². The number of nitrogens with zero attached hydrogens (tertiary/aromatic N) is 4. The molecular weight excluding hydrogens is 653 g/mol. The fourth-order valence-electron chi connectivity index (χ4n) is 7.74. The van der Waals surface area contributed by atoms with Crippen LogP contribution in [-0.2, 0) is 0 Å². The molecule has 0 bridgehead atoms. The Morgan fingerprint density at radius 3 is 1.79 bits per heavy atom. The molecule has 0 radical (unpaired) electrons. The van der Waals surface area contributed by atoms with Crippen molar-refractivity contribution in [3.05, 3.63) is 170 Å². The van der Waals surface area contributed by atoms with Gasteiger partial charge >= 0.3 is 0 Å². The monoisotopic (exact) mass is 680 g/mol. The second-order valence-electron chi connectivity index (χ2n) is 13.2. The van der Waals surface area contributed by atoms with E-state index >= 15 is 0 Å². The van der Waals surface area contributed by atoms with Gasteiger partial charge in [0.25, 0.3) is 0 Å². The summed E-state index contributed by atoms with van der Waals surface area (Å²) in [5.41, 5.74) is 11.3. The standard InChI is InChI=1S/C47H28N4S/c1-3-12-29(13-4-1)37-26-24-31-22-23-32-25-27-38(49-44(32)43(31)48-37)33-16-11-17-34(28-33)51-40-21-10-8-19-36(40)42-41-35-18-7-9-20-39(35)50-45(46(41)52-47(42)51)30-14-5-2-6-15-30/h1-28H.